The average Bonchev–Trinajstić information content (AvgIpc) is 2.69. The van der Waals surface area contributed by atoms with Crippen LogP contribution in [0.25, 0.3) is 10.8 Å². The van der Waals surface area contributed by atoms with Gasteiger partial charge in [-0.2, -0.15) is 0 Å². The SMILES string of the molecule is CCOP(=O)(OCC)[C@@]1(N[C@@H](C)c2cccc3ccccc23)CCCC[C@@H]1C. The highest BCUT2D eigenvalue weighted by molar-refractivity contribution is 7.55. The van der Waals surface area contributed by atoms with Gasteiger partial charge in [0.15, 0.2) is 0 Å². The molecule has 1 fully saturated rings. The Morgan fingerprint density at radius 2 is 1.79 bits per heavy atom. The lowest BCUT2D eigenvalue weighted by atomic mass is 9.84. The van der Waals surface area contributed by atoms with Gasteiger partial charge in [0.05, 0.1) is 13.2 Å². The Balaban J connectivity index is 2.03. The Kier molecular flexibility index (Phi) is 6.98. The van der Waals surface area contributed by atoms with Gasteiger partial charge in [0, 0.05) is 6.04 Å². The van der Waals surface area contributed by atoms with Gasteiger partial charge >= 0.3 is 7.60 Å². The standard InChI is InChI=1S/C23H34NO3P/c1-5-26-28(25,27-6-2)23(17-10-9-12-18(23)3)24-19(4)21-16-11-14-20-13-7-8-15-22(20)21/h7-8,11,13-16,18-19,24H,5-6,9-10,12,17H2,1-4H3/t18-,19-,23-/m0/s1. The molecule has 0 aromatic heterocycles. The van der Waals surface area contributed by atoms with Crippen molar-refractivity contribution < 1.29 is 13.6 Å². The second-order valence-electron chi connectivity index (χ2n) is 7.84. The Morgan fingerprint density at radius 3 is 2.46 bits per heavy atom. The predicted molar refractivity (Wildman–Crippen MR) is 117 cm³/mol. The maximum Gasteiger partial charge on any atom is 0.350 e. The van der Waals surface area contributed by atoms with Crippen LogP contribution in [0.2, 0.25) is 0 Å². The number of fused-ring (bicyclic) bond motifs is 1. The van der Waals surface area contributed by atoms with E-state index in [1.165, 1.54) is 16.3 Å². The first kappa shape index (κ1) is 21.5. The summed E-state index contributed by atoms with van der Waals surface area (Å²) in [7, 11) is -3.33. The van der Waals surface area contributed by atoms with E-state index in [1.807, 2.05) is 13.8 Å². The molecule has 1 saturated carbocycles. The minimum atomic E-state index is -3.33. The van der Waals surface area contributed by atoms with E-state index in [1.54, 1.807) is 0 Å². The molecule has 0 bridgehead atoms. The Bertz CT molecular complexity index is 824. The van der Waals surface area contributed by atoms with Crippen molar-refractivity contribution in [2.45, 2.75) is 64.7 Å². The fourth-order valence-corrected chi connectivity index (χ4v) is 7.39. The van der Waals surface area contributed by atoms with Crippen LogP contribution >= 0.6 is 7.60 Å². The van der Waals surface area contributed by atoms with Crippen LogP contribution in [0.1, 0.15) is 65.0 Å². The highest BCUT2D eigenvalue weighted by Crippen LogP contribution is 2.66. The minimum absolute atomic E-state index is 0.0286. The second-order valence-corrected chi connectivity index (χ2v) is 10.1. The molecule has 5 heteroatoms. The number of benzene rings is 2. The zero-order valence-electron chi connectivity index (χ0n) is 17.6. The summed E-state index contributed by atoms with van der Waals surface area (Å²) in [6.07, 6.45) is 4.02. The van der Waals surface area contributed by atoms with E-state index >= 15 is 0 Å². The average molecular weight is 404 g/mol. The molecule has 1 N–H and O–H groups in total. The monoisotopic (exact) mass is 403 g/mol. The molecule has 1 aliphatic carbocycles. The molecule has 0 radical (unpaired) electrons. The lowest BCUT2D eigenvalue weighted by molar-refractivity contribution is 0.131. The highest BCUT2D eigenvalue weighted by atomic mass is 31.2. The van der Waals surface area contributed by atoms with Crippen molar-refractivity contribution in [2.75, 3.05) is 13.2 Å². The molecule has 0 saturated heterocycles. The van der Waals surface area contributed by atoms with Crippen molar-refractivity contribution in [3.63, 3.8) is 0 Å². The van der Waals surface area contributed by atoms with Gasteiger partial charge < -0.3 is 9.05 Å². The molecule has 0 unspecified atom stereocenters. The number of hydrogen-bond acceptors (Lipinski definition) is 4. The van der Waals surface area contributed by atoms with E-state index in [-0.39, 0.29) is 12.0 Å². The molecule has 2 aromatic carbocycles. The molecule has 28 heavy (non-hydrogen) atoms. The molecule has 1 aliphatic rings. The molecule has 0 heterocycles. The second kappa shape index (κ2) is 9.09. The van der Waals surface area contributed by atoms with Crippen LogP contribution in [-0.4, -0.2) is 18.5 Å². The van der Waals surface area contributed by atoms with Crippen LogP contribution in [0.4, 0.5) is 0 Å². The van der Waals surface area contributed by atoms with Crippen molar-refractivity contribution >= 4 is 18.4 Å². The molecule has 0 aliphatic heterocycles. The zero-order valence-corrected chi connectivity index (χ0v) is 18.5. The number of nitrogens with one attached hydrogen (secondary N) is 1. The maximum atomic E-state index is 14.0. The van der Waals surface area contributed by atoms with Gasteiger partial charge in [-0.05, 0) is 55.9 Å². The molecule has 154 valence electrons. The zero-order chi connectivity index (χ0) is 20.2. The normalized spacial score (nSPS) is 24.4. The summed E-state index contributed by atoms with van der Waals surface area (Å²) >= 11 is 0. The molecule has 0 spiro atoms. The van der Waals surface area contributed by atoms with Crippen molar-refractivity contribution in [3.8, 4) is 0 Å². The van der Waals surface area contributed by atoms with Gasteiger partial charge in [0.1, 0.15) is 5.28 Å². The molecule has 0 amide bonds. The lowest BCUT2D eigenvalue weighted by Gasteiger charge is -2.48. The van der Waals surface area contributed by atoms with Crippen molar-refractivity contribution in [1.82, 2.24) is 5.32 Å². The molecule has 3 rings (SSSR count). The topological polar surface area (TPSA) is 47.6 Å². The lowest BCUT2D eigenvalue weighted by Crippen LogP contribution is -2.53. The van der Waals surface area contributed by atoms with Crippen LogP contribution in [-0.2, 0) is 13.6 Å². The first-order chi connectivity index (χ1) is 13.5. The molecule has 2 aromatic rings. The van der Waals surface area contributed by atoms with Gasteiger partial charge in [-0.15, -0.1) is 0 Å². The Labute approximate surface area is 169 Å². The Hall–Kier alpha value is -1.19. The van der Waals surface area contributed by atoms with Crippen LogP contribution in [0.5, 0.6) is 0 Å². The van der Waals surface area contributed by atoms with E-state index in [4.69, 9.17) is 9.05 Å². The van der Waals surface area contributed by atoms with Gasteiger partial charge in [0.2, 0.25) is 0 Å². The maximum absolute atomic E-state index is 14.0. The predicted octanol–water partition coefficient (Wildman–Crippen LogP) is 6.66. The largest absolute Gasteiger partial charge is 0.350 e. The van der Waals surface area contributed by atoms with Crippen molar-refractivity contribution in [2.24, 2.45) is 5.92 Å². The third-order valence-corrected chi connectivity index (χ3v) is 9.07. The van der Waals surface area contributed by atoms with Crippen molar-refractivity contribution in [3.05, 3.63) is 48.0 Å². The molecule has 4 nitrogen and oxygen atoms in total. The van der Waals surface area contributed by atoms with E-state index in [0.717, 1.165) is 25.7 Å². The van der Waals surface area contributed by atoms with E-state index in [2.05, 4.69) is 61.6 Å². The van der Waals surface area contributed by atoms with Gasteiger partial charge in [-0.3, -0.25) is 9.88 Å². The third kappa shape index (κ3) is 3.93. The summed E-state index contributed by atoms with van der Waals surface area (Å²) in [6.45, 7) is 8.90. The quantitative estimate of drug-likeness (QED) is 0.501. The number of rotatable bonds is 8. The van der Waals surface area contributed by atoms with E-state index < -0.39 is 12.9 Å². The summed E-state index contributed by atoms with van der Waals surface area (Å²) in [5, 5.41) is 5.58. The highest BCUT2D eigenvalue weighted by Gasteiger charge is 2.55. The molecular formula is C23H34NO3P. The number of hydrogen-bond donors (Lipinski definition) is 1. The van der Waals surface area contributed by atoms with Crippen LogP contribution < -0.4 is 5.32 Å². The minimum Gasteiger partial charge on any atom is -0.308 e. The molecule has 3 atom stereocenters. The molecular weight excluding hydrogens is 369 g/mol. The van der Waals surface area contributed by atoms with Crippen molar-refractivity contribution in [1.29, 1.82) is 0 Å². The van der Waals surface area contributed by atoms with E-state index in [9.17, 15) is 4.57 Å². The van der Waals surface area contributed by atoms with Crippen LogP contribution in [0.3, 0.4) is 0 Å². The van der Waals surface area contributed by atoms with E-state index in [0.29, 0.717) is 13.2 Å². The Morgan fingerprint density at radius 1 is 1.11 bits per heavy atom. The van der Waals surface area contributed by atoms with Crippen LogP contribution in [0, 0.1) is 5.92 Å². The summed E-state index contributed by atoms with van der Waals surface area (Å²) < 4.78 is 25.8. The first-order valence-electron chi connectivity index (χ1n) is 10.6. The summed E-state index contributed by atoms with van der Waals surface area (Å²) in [5.41, 5.74) is 1.22. The van der Waals surface area contributed by atoms with Gasteiger partial charge in [-0.1, -0.05) is 62.2 Å². The summed E-state index contributed by atoms with van der Waals surface area (Å²) in [6, 6.07) is 14.8. The van der Waals surface area contributed by atoms with Crippen LogP contribution in [0.15, 0.2) is 42.5 Å². The third-order valence-electron chi connectivity index (χ3n) is 6.10. The fourth-order valence-electron chi connectivity index (χ4n) is 4.72. The summed E-state index contributed by atoms with van der Waals surface area (Å²) in [4.78, 5) is 0. The first-order valence-corrected chi connectivity index (χ1v) is 12.2. The fraction of sp³-hybridized carbons (Fsp3) is 0.565. The smallest absolute Gasteiger partial charge is 0.308 e. The van der Waals surface area contributed by atoms with Gasteiger partial charge in [0.25, 0.3) is 0 Å². The van der Waals surface area contributed by atoms with Gasteiger partial charge in [-0.25, -0.2) is 0 Å². The summed E-state index contributed by atoms with van der Waals surface area (Å²) in [5.74, 6) is 0.211.